The van der Waals surface area contributed by atoms with E-state index < -0.39 is 0 Å². The molecule has 1 fully saturated rings. The zero-order valence-electron chi connectivity index (χ0n) is 26.7. The largest absolute Gasteiger partial charge is 0.378 e. The van der Waals surface area contributed by atoms with Gasteiger partial charge >= 0.3 is 0 Å². The molecule has 1 saturated heterocycles. The fourth-order valence-corrected chi connectivity index (χ4v) is 6.54. The number of hydrogen-bond donors (Lipinski definition) is 1. The van der Waals surface area contributed by atoms with Crippen LogP contribution in [-0.2, 0) is 31.7 Å². The zero-order valence-corrected chi connectivity index (χ0v) is 26.7. The number of fused-ring (bicyclic) bond motifs is 2. The van der Waals surface area contributed by atoms with Crippen molar-refractivity contribution in [2.75, 3.05) is 31.6 Å². The summed E-state index contributed by atoms with van der Waals surface area (Å²) >= 11 is 0. The van der Waals surface area contributed by atoms with Crippen LogP contribution in [0.15, 0.2) is 89.5 Å². The number of aromatic nitrogens is 4. The number of aryl methyl sites for hydroxylation is 4. The van der Waals surface area contributed by atoms with Crippen molar-refractivity contribution >= 4 is 23.4 Å². The van der Waals surface area contributed by atoms with E-state index in [-0.39, 0.29) is 5.91 Å². The van der Waals surface area contributed by atoms with Gasteiger partial charge in [-0.15, -0.1) is 0 Å². The lowest BCUT2D eigenvalue weighted by molar-refractivity contribution is 0.0303. The molecule has 2 aromatic carbocycles. The second-order valence-corrected chi connectivity index (χ2v) is 12.0. The second kappa shape index (κ2) is 12.8. The highest BCUT2D eigenvalue weighted by Crippen LogP contribution is 2.39. The van der Waals surface area contributed by atoms with Gasteiger partial charge in [0.15, 0.2) is 0 Å². The summed E-state index contributed by atoms with van der Waals surface area (Å²) in [6, 6.07) is 14.6. The van der Waals surface area contributed by atoms with Gasteiger partial charge in [-0.3, -0.25) is 14.2 Å². The number of anilines is 1. The highest BCUT2D eigenvalue weighted by Gasteiger charge is 2.26. The molecule has 4 aromatic rings. The molecular formula is C37H39N7O2. The fourth-order valence-electron chi connectivity index (χ4n) is 6.54. The van der Waals surface area contributed by atoms with Gasteiger partial charge in [0.25, 0.3) is 5.91 Å². The summed E-state index contributed by atoms with van der Waals surface area (Å²) in [6.07, 6.45) is 15.8. The zero-order chi connectivity index (χ0) is 31.6. The Kier molecular flexibility index (Phi) is 8.24. The molecular weight excluding hydrogens is 574 g/mol. The fraction of sp³-hybridized carbons (Fsp3) is 0.297. The highest BCUT2D eigenvalue weighted by molar-refractivity contribution is 6.00. The van der Waals surface area contributed by atoms with Gasteiger partial charge in [0, 0.05) is 67.5 Å². The minimum absolute atomic E-state index is 0.0636. The molecule has 0 bridgehead atoms. The lowest BCUT2D eigenvalue weighted by atomic mass is 9.86. The summed E-state index contributed by atoms with van der Waals surface area (Å²) in [4.78, 5) is 19.9. The lowest BCUT2D eigenvalue weighted by Gasteiger charge is -2.27. The molecule has 2 aromatic heterocycles. The summed E-state index contributed by atoms with van der Waals surface area (Å²) in [7, 11) is 3.96. The molecule has 4 heterocycles. The van der Waals surface area contributed by atoms with Gasteiger partial charge in [0.1, 0.15) is 5.82 Å². The van der Waals surface area contributed by atoms with Crippen LogP contribution in [-0.4, -0.2) is 62.9 Å². The summed E-state index contributed by atoms with van der Waals surface area (Å²) in [5.74, 6) is 0.823. The number of morpholine rings is 1. The molecule has 0 unspecified atom stereocenters. The van der Waals surface area contributed by atoms with Gasteiger partial charge in [0.2, 0.25) is 0 Å². The third kappa shape index (κ3) is 5.86. The maximum Gasteiger partial charge on any atom is 0.254 e. The smallest absolute Gasteiger partial charge is 0.254 e. The van der Waals surface area contributed by atoms with E-state index in [1.165, 1.54) is 11.1 Å². The number of nitrogens with one attached hydrogen (secondary N) is 1. The Bertz CT molecular complexity index is 1900. The average Bonchev–Trinajstić information content (AvgIpc) is 3.65. The molecule has 3 aliphatic rings. The van der Waals surface area contributed by atoms with Crippen LogP contribution < -0.4 is 5.32 Å². The van der Waals surface area contributed by atoms with Gasteiger partial charge in [0.05, 0.1) is 30.8 Å². The van der Waals surface area contributed by atoms with E-state index in [4.69, 9.17) is 14.8 Å². The number of nitrogens with zero attached hydrogens (tertiary/aromatic N) is 6. The Hall–Kier alpha value is -5.02. The van der Waals surface area contributed by atoms with Crippen molar-refractivity contribution in [3.05, 3.63) is 107 Å². The maximum atomic E-state index is 13.1. The Morgan fingerprint density at radius 3 is 2.57 bits per heavy atom. The molecule has 0 atom stereocenters. The molecule has 2 aliphatic heterocycles. The van der Waals surface area contributed by atoms with Crippen LogP contribution in [0, 0.1) is 0 Å². The number of rotatable bonds is 7. The third-order valence-electron chi connectivity index (χ3n) is 8.87. The van der Waals surface area contributed by atoms with Crippen molar-refractivity contribution in [3.63, 3.8) is 0 Å². The van der Waals surface area contributed by atoms with Crippen LogP contribution >= 0.6 is 0 Å². The van der Waals surface area contributed by atoms with Crippen LogP contribution in [0.5, 0.6) is 0 Å². The van der Waals surface area contributed by atoms with Crippen LogP contribution in [0.4, 0.5) is 5.69 Å². The third-order valence-corrected chi connectivity index (χ3v) is 8.87. The van der Waals surface area contributed by atoms with Crippen molar-refractivity contribution in [2.45, 2.75) is 32.6 Å². The summed E-state index contributed by atoms with van der Waals surface area (Å²) in [5.41, 5.74) is 11.9. The Morgan fingerprint density at radius 1 is 1.00 bits per heavy atom. The number of aliphatic imine (C=N–C) groups is 1. The van der Waals surface area contributed by atoms with E-state index in [2.05, 4.69) is 53.8 Å². The number of carbonyl (C=O) groups excluding carboxylic acids is 1. The van der Waals surface area contributed by atoms with Crippen molar-refractivity contribution in [1.29, 1.82) is 0 Å². The molecule has 9 nitrogen and oxygen atoms in total. The van der Waals surface area contributed by atoms with Gasteiger partial charge < -0.3 is 15.0 Å². The van der Waals surface area contributed by atoms with E-state index in [9.17, 15) is 4.79 Å². The molecule has 234 valence electrons. The first kappa shape index (κ1) is 29.7. The predicted molar refractivity (Wildman–Crippen MR) is 183 cm³/mol. The molecule has 1 N–H and O–H groups in total. The molecule has 1 amide bonds. The van der Waals surface area contributed by atoms with Gasteiger partial charge in [-0.1, -0.05) is 49.8 Å². The number of amides is 1. The standard InChI is InChI=1S/C37H39N7O2/c1-4-6-27-21-28(37(45)44-17-19-46-20-18-44)13-15-32(27)40-34-8-5-7-31-29(22-38-34)14-16-33-35(31)36(43(3)41-33)26-11-9-25(10-12-26)30-23-39-42(2)24-30/h5,7-13,15,21-24H,4,6,14,16-20H2,1-3H3,(H,38,40). The Balaban J connectivity index is 1.14. The van der Waals surface area contributed by atoms with Crippen LogP contribution in [0.3, 0.4) is 0 Å². The minimum Gasteiger partial charge on any atom is -0.378 e. The van der Waals surface area contributed by atoms with Gasteiger partial charge in [-0.25, -0.2) is 4.99 Å². The maximum absolute atomic E-state index is 13.1. The number of ether oxygens (including phenoxy) is 1. The van der Waals surface area contributed by atoms with Crippen molar-refractivity contribution in [1.82, 2.24) is 24.5 Å². The molecule has 46 heavy (non-hydrogen) atoms. The van der Waals surface area contributed by atoms with Crippen LogP contribution in [0.25, 0.3) is 28.0 Å². The topological polar surface area (TPSA) is 89.6 Å². The van der Waals surface area contributed by atoms with Gasteiger partial charge in [-0.2, -0.15) is 10.2 Å². The van der Waals surface area contributed by atoms with E-state index in [0.29, 0.717) is 26.3 Å². The van der Waals surface area contributed by atoms with Crippen LogP contribution in [0.2, 0.25) is 0 Å². The number of benzene rings is 2. The first-order chi connectivity index (χ1) is 22.5. The molecule has 0 radical (unpaired) electrons. The highest BCUT2D eigenvalue weighted by atomic mass is 16.5. The molecule has 0 spiro atoms. The van der Waals surface area contributed by atoms with Crippen molar-refractivity contribution in [2.24, 2.45) is 19.1 Å². The molecule has 0 saturated carbocycles. The lowest BCUT2D eigenvalue weighted by Crippen LogP contribution is -2.40. The average molecular weight is 614 g/mol. The van der Waals surface area contributed by atoms with E-state index in [1.807, 2.05) is 71.2 Å². The first-order valence-corrected chi connectivity index (χ1v) is 16.1. The number of carbonyl (C=O) groups is 1. The first-order valence-electron chi connectivity index (χ1n) is 16.1. The van der Waals surface area contributed by atoms with Crippen molar-refractivity contribution in [3.8, 4) is 22.4 Å². The number of allylic oxidation sites excluding steroid dienone is 5. The minimum atomic E-state index is 0.0636. The van der Waals surface area contributed by atoms with Gasteiger partial charge in [-0.05, 0) is 65.8 Å². The van der Waals surface area contributed by atoms with E-state index in [0.717, 1.165) is 82.0 Å². The second-order valence-electron chi connectivity index (χ2n) is 12.0. The summed E-state index contributed by atoms with van der Waals surface area (Å²) in [6.45, 7) is 4.61. The SMILES string of the molecule is CCCc1cc(C(=O)N2CCOCC2)ccc1NC1=C/C=C/C2=C(C=N1)CCc1nn(C)c(-c3ccc(-c4cnn(C)c4)cc3)c12. The molecule has 9 heteroatoms. The predicted octanol–water partition coefficient (Wildman–Crippen LogP) is 6.21. The van der Waals surface area contributed by atoms with Crippen molar-refractivity contribution < 1.29 is 9.53 Å². The van der Waals surface area contributed by atoms with E-state index >= 15 is 0 Å². The summed E-state index contributed by atoms with van der Waals surface area (Å²) < 4.78 is 9.26. The van der Waals surface area contributed by atoms with E-state index in [1.54, 1.807) is 0 Å². The Labute approximate surface area is 269 Å². The summed E-state index contributed by atoms with van der Waals surface area (Å²) in [5, 5.41) is 12.8. The van der Waals surface area contributed by atoms with Crippen LogP contribution in [0.1, 0.15) is 46.9 Å². The quantitative estimate of drug-likeness (QED) is 0.268. The number of hydrogen-bond acceptors (Lipinski definition) is 6. The molecule has 7 rings (SSSR count). The Morgan fingerprint density at radius 2 is 1.80 bits per heavy atom. The monoisotopic (exact) mass is 613 g/mol. The normalized spacial score (nSPS) is 16.8. The molecule has 1 aliphatic carbocycles.